The highest BCUT2D eigenvalue weighted by Crippen LogP contribution is 2.26. The maximum absolute atomic E-state index is 9.60. The Hall–Kier alpha value is -3.39. The van der Waals surface area contributed by atoms with Crippen molar-refractivity contribution < 1.29 is 0 Å². The van der Waals surface area contributed by atoms with Crippen LogP contribution in [0.3, 0.4) is 0 Å². The number of aromatic nitrogens is 2. The topological polar surface area (TPSA) is 102 Å². The molecule has 2 aromatic carbocycles. The fraction of sp³-hybridized carbons (Fsp3) is 0.0556. The van der Waals surface area contributed by atoms with Gasteiger partial charge in [-0.2, -0.15) is 5.26 Å². The van der Waals surface area contributed by atoms with Crippen molar-refractivity contribution in [2.24, 2.45) is 0 Å². The van der Waals surface area contributed by atoms with Crippen LogP contribution < -0.4 is 11.5 Å². The van der Waals surface area contributed by atoms with Crippen molar-refractivity contribution >= 4 is 11.6 Å². The van der Waals surface area contributed by atoms with Crippen molar-refractivity contribution in [2.45, 2.75) is 6.42 Å². The molecule has 0 bridgehead atoms. The second-order valence-electron chi connectivity index (χ2n) is 5.11. The molecule has 1 heterocycles. The fourth-order valence-electron chi connectivity index (χ4n) is 2.45. The van der Waals surface area contributed by atoms with Gasteiger partial charge in [0.05, 0.1) is 11.4 Å². The first-order valence-electron chi connectivity index (χ1n) is 7.14. The molecule has 1 aromatic heterocycles. The second kappa shape index (κ2) is 6.16. The summed E-state index contributed by atoms with van der Waals surface area (Å²) >= 11 is 0. The van der Waals surface area contributed by atoms with E-state index in [0.717, 1.165) is 11.1 Å². The van der Waals surface area contributed by atoms with Gasteiger partial charge in [-0.1, -0.05) is 48.5 Å². The summed E-state index contributed by atoms with van der Waals surface area (Å²) in [7, 11) is 0. The molecule has 0 saturated heterocycles. The fourth-order valence-corrected chi connectivity index (χ4v) is 2.45. The van der Waals surface area contributed by atoms with Crippen molar-refractivity contribution in [1.82, 2.24) is 9.97 Å². The molecule has 0 unspecified atom stereocenters. The van der Waals surface area contributed by atoms with Crippen LogP contribution in [0.25, 0.3) is 11.3 Å². The number of benzene rings is 2. The average molecular weight is 301 g/mol. The standard InChI is InChI=1S/C18H15N5/c19-11-14-16(10-13-8-4-5-9-15(13)20)22-18(21)23-17(14)12-6-2-1-3-7-12/h1-9H,10,20H2,(H2,21,22,23). The Morgan fingerprint density at radius 3 is 2.30 bits per heavy atom. The summed E-state index contributed by atoms with van der Waals surface area (Å²) in [5.41, 5.74) is 15.8. The van der Waals surface area contributed by atoms with E-state index in [1.807, 2.05) is 54.6 Å². The summed E-state index contributed by atoms with van der Waals surface area (Å²) in [4.78, 5) is 8.51. The highest BCUT2D eigenvalue weighted by Gasteiger charge is 2.16. The van der Waals surface area contributed by atoms with Gasteiger partial charge in [0, 0.05) is 17.7 Å². The second-order valence-corrected chi connectivity index (χ2v) is 5.11. The van der Waals surface area contributed by atoms with Crippen LogP contribution in [-0.4, -0.2) is 9.97 Å². The van der Waals surface area contributed by atoms with Gasteiger partial charge in [-0.05, 0) is 11.6 Å². The molecular weight excluding hydrogens is 286 g/mol. The minimum absolute atomic E-state index is 0.146. The lowest BCUT2D eigenvalue weighted by Crippen LogP contribution is -2.07. The van der Waals surface area contributed by atoms with Crippen molar-refractivity contribution in [1.29, 1.82) is 5.26 Å². The van der Waals surface area contributed by atoms with Crippen LogP contribution in [0.4, 0.5) is 11.6 Å². The number of hydrogen-bond donors (Lipinski definition) is 2. The highest BCUT2D eigenvalue weighted by atomic mass is 15.0. The maximum Gasteiger partial charge on any atom is 0.220 e. The van der Waals surface area contributed by atoms with E-state index < -0.39 is 0 Å². The number of anilines is 2. The Labute approximate surface area is 134 Å². The van der Waals surface area contributed by atoms with E-state index >= 15 is 0 Å². The Balaban J connectivity index is 2.13. The van der Waals surface area contributed by atoms with Crippen LogP contribution in [0.5, 0.6) is 0 Å². The van der Waals surface area contributed by atoms with Crippen molar-refractivity contribution in [2.75, 3.05) is 11.5 Å². The third-order valence-corrected chi connectivity index (χ3v) is 3.57. The van der Waals surface area contributed by atoms with E-state index in [1.165, 1.54) is 0 Å². The molecule has 5 nitrogen and oxygen atoms in total. The van der Waals surface area contributed by atoms with Crippen LogP contribution in [0.1, 0.15) is 16.8 Å². The smallest absolute Gasteiger partial charge is 0.220 e. The van der Waals surface area contributed by atoms with E-state index in [2.05, 4.69) is 16.0 Å². The Kier molecular flexibility index (Phi) is 3.89. The largest absolute Gasteiger partial charge is 0.398 e. The zero-order valence-corrected chi connectivity index (χ0v) is 12.4. The first-order valence-corrected chi connectivity index (χ1v) is 7.14. The van der Waals surface area contributed by atoms with E-state index in [-0.39, 0.29) is 5.95 Å². The molecule has 0 amide bonds. The minimum Gasteiger partial charge on any atom is -0.398 e. The van der Waals surface area contributed by atoms with Crippen LogP contribution in [-0.2, 0) is 6.42 Å². The van der Waals surface area contributed by atoms with Crippen molar-refractivity contribution in [3.8, 4) is 17.3 Å². The predicted molar refractivity (Wildman–Crippen MR) is 90.3 cm³/mol. The Morgan fingerprint density at radius 1 is 0.913 bits per heavy atom. The SMILES string of the molecule is N#Cc1c(Cc2ccccc2N)nc(N)nc1-c1ccccc1. The van der Waals surface area contributed by atoms with Gasteiger partial charge < -0.3 is 11.5 Å². The van der Waals surface area contributed by atoms with Crippen molar-refractivity contribution in [3.05, 3.63) is 71.4 Å². The molecule has 0 saturated carbocycles. The van der Waals surface area contributed by atoms with Crippen LogP contribution >= 0.6 is 0 Å². The lowest BCUT2D eigenvalue weighted by molar-refractivity contribution is 1.03. The molecule has 0 aliphatic carbocycles. The summed E-state index contributed by atoms with van der Waals surface area (Å²) in [6.45, 7) is 0. The first-order chi connectivity index (χ1) is 11.2. The number of nitrogens with two attached hydrogens (primary N) is 2. The molecule has 0 aliphatic heterocycles. The molecule has 0 aliphatic rings. The Bertz CT molecular complexity index is 882. The van der Waals surface area contributed by atoms with Gasteiger partial charge >= 0.3 is 0 Å². The van der Waals surface area contributed by atoms with Gasteiger partial charge in [0.2, 0.25) is 5.95 Å². The van der Waals surface area contributed by atoms with Gasteiger partial charge in [-0.15, -0.1) is 0 Å². The molecule has 23 heavy (non-hydrogen) atoms. The summed E-state index contributed by atoms with van der Waals surface area (Å²) in [6.07, 6.45) is 0.433. The van der Waals surface area contributed by atoms with Gasteiger partial charge in [0.1, 0.15) is 11.6 Å². The van der Waals surface area contributed by atoms with E-state index in [4.69, 9.17) is 11.5 Å². The zero-order valence-electron chi connectivity index (χ0n) is 12.4. The molecule has 112 valence electrons. The molecular formula is C18H15N5. The Morgan fingerprint density at radius 2 is 1.61 bits per heavy atom. The molecule has 0 atom stereocenters. The van der Waals surface area contributed by atoms with Gasteiger partial charge in [-0.25, -0.2) is 9.97 Å². The molecule has 3 rings (SSSR count). The van der Waals surface area contributed by atoms with E-state index in [9.17, 15) is 5.26 Å². The average Bonchev–Trinajstić information content (AvgIpc) is 2.57. The van der Waals surface area contributed by atoms with E-state index in [1.54, 1.807) is 0 Å². The molecule has 5 heteroatoms. The quantitative estimate of drug-likeness (QED) is 0.724. The van der Waals surface area contributed by atoms with Gasteiger partial charge in [0.25, 0.3) is 0 Å². The van der Waals surface area contributed by atoms with E-state index in [0.29, 0.717) is 29.1 Å². The molecule has 4 N–H and O–H groups in total. The number of rotatable bonds is 3. The summed E-state index contributed by atoms with van der Waals surface area (Å²) in [6, 6.07) is 19.2. The van der Waals surface area contributed by atoms with Crippen LogP contribution in [0, 0.1) is 11.3 Å². The normalized spacial score (nSPS) is 10.2. The number of nitrogens with zero attached hydrogens (tertiary/aromatic N) is 3. The molecule has 0 spiro atoms. The highest BCUT2D eigenvalue weighted by molar-refractivity contribution is 5.69. The summed E-state index contributed by atoms with van der Waals surface area (Å²) in [5, 5.41) is 9.60. The first kappa shape index (κ1) is 14.5. The number of para-hydroxylation sites is 1. The lowest BCUT2D eigenvalue weighted by atomic mass is 10.0. The molecule has 3 aromatic rings. The van der Waals surface area contributed by atoms with Crippen LogP contribution in [0.15, 0.2) is 54.6 Å². The van der Waals surface area contributed by atoms with Gasteiger partial charge in [0.15, 0.2) is 0 Å². The minimum atomic E-state index is 0.146. The number of nitriles is 1. The predicted octanol–water partition coefficient (Wildman–Crippen LogP) is 2.77. The number of hydrogen-bond acceptors (Lipinski definition) is 5. The number of nitrogen functional groups attached to an aromatic ring is 2. The summed E-state index contributed by atoms with van der Waals surface area (Å²) < 4.78 is 0. The van der Waals surface area contributed by atoms with Crippen molar-refractivity contribution in [3.63, 3.8) is 0 Å². The third-order valence-electron chi connectivity index (χ3n) is 3.57. The van der Waals surface area contributed by atoms with Gasteiger partial charge in [-0.3, -0.25) is 0 Å². The molecule has 0 fully saturated rings. The maximum atomic E-state index is 9.60. The van der Waals surface area contributed by atoms with Crippen LogP contribution in [0.2, 0.25) is 0 Å². The lowest BCUT2D eigenvalue weighted by Gasteiger charge is -2.11. The molecule has 0 radical (unpaired) electrons. The monoisotopic (exact) mass is 301 g/mol. The summed E-state index contributed by atoms with van der Waals surface area (Å²) in [5.74, 6) is 0.146. The zero-order chi connectivity index (χ0) is 16.2. The third kappa shape index (κ3) is 2.97.